The van der Waals surface area contributed by atoms with Crippen LogP contribution < -0.4 is 15.8 Å². The van der Waals surface area contributed by atoms with Crippen molar-refractivity contribution in [1.29, 1.82) is 0 Å². The smallest absolute Gasteiger partial charge is 0.216 e. The SMILES string of the molecule is COc1ccc(CCNC(N)=NCCc2nc(-c3ccco3)n[nH]2)cc1.I. The van der Waals surface area contributed by atoms with Crippen molar-refractivity contribution in [3.63, 3.8) is 0 Å². The average molecular weight is 482 g/mol. The third-order valence-corrected chi connectivity index (χ3v) is 3.78. The lowest BCUT2D eigenvalue weighted by molar-refractivity contribution is 0.414. The third-order valence-electron chi connectivity index (χ3n) is 3.78. The van der Waals surface area contributed by atoms with E-state index in [0.717, 1.165) is 18.0 Å². The molecule has 0 spiro atoms. The van der Waals surface area contributed by atoms with Crippen molar-refractivity contribution in [1.82, 2.24) is 20.5 Å². The van der Waals surface area contributed by atoms with Crippen LogP contribution >= 0.6 is 24.0 Å². The fraction of sp³-hybridized carbons (Fsp3) is 0.278. The molecule has 0 radical (unpaired) electrons. The van der Waals surface area contributed by atoms with Crippen LogP contribution in [0.25, 0.3) is 11.6 Å². The maximum Gasteiger partial charge on any atom is 0.216 e. The summed E-state index contributed by atoms with van der Waals surface area (Å²) in [6, 6.07) is 11.6. The Kier molecular flexibility index (Phi) is 8.11. The number of nitrogens with two attached hydrogens (primary N) is 1. The van der Waals surface area contributed by atoms with Gasteiger partial charge in [-0.05, 0) is 36.2 Å². The minimum atomic E-state index is 0. The lowest BCUT2D eigenvalue weighted by Gasteiger charge is -2.06. The van der Waals surface area contributed by atoms with E-state index in [1.165, 1.54) is 5.56 Å². The molecule has 0 aliphatic rings. The maximum atomic E-state index is 5.89. The quantitative estimate of drug-likeness (QED) is 0.258. The van der Waals surface area contributed by atoms with Gasteiger partial charge in [-0.3, -0.25) is 10.1 Å². The van der Waals surface area contributed by atoms with Crippen LogP contribution in [0.3, 0.4) is 0 Å². The molecule has 4 N–H and O–H groups in total. The molecule has 2 heterocycles. The van der Waals surface area contributed by atoms with Crippen LogP contribution in [0.4, 0.5) is 0 Å². The first kappa shape index (κ1) is 20.7. The molecule has 9 heteroatoms. The summed E-state index contributed by atoms with van der Waals surface area (Å²) in [6.07, 6.45) is 3.07. The van der Waals surface area contributed by atoms with E-state index >= 15 is 0 Å². The van der Waals surface area contributed by atoms with Gasteiger partial charge in [0.2, 0.25) is 5.82 Å². The molecular weight excluding hydrogens is 459 g/mol. The van der Waals surface area contributed by atoms with Crippen LogP contribution in [0.15, 0.2) is 52.1 Å². The van der Waals surface area contributed by atoms with Crippen molar-refractivity contribution in [3.05, 3.63) is 54.0 Å². The maximum absolute atomic E-state index is 5.89. The van der Waals surface area contributed by atoms with Crippen LogP contribution in [0.2, 0.25) is 0 Å². The highest BCUT2D eigenvalue weighted by atomic mass is 127. The number of aromatic nitrogens is 3. The number of nitrogens with one attached hydrogen (secondary N) is 2. The van der Waals surface area contributed by atoms with Crippen LogP contribution in [0.5, 0.6) is 5.75 Å². The molecule has 144 valence electrons. The number of hydrogen-bond acceptors (Lipinski definition) is 5. The van der Waals surface area contributed by atoms with Crippen molar-refractivity contribution in [2.45, 2.75) is 12.8 Å². The number of furan rings is 1. The zero-order valence-corrected chi connectivity index (χ0v) is 17.3. The Balaban J connectivity index is 0.00000261. The molecule has 0 fully saturated rings. The van der Waals surface area contributed by atoms with Crippen LogP contribution in [0, 0.1) is 0 Å². The van der Waals surface area contributed by atoms with Gasteiger partial charge in [-0.1, -0.05) is 12.1 Å². The molecule has 3 aromatic rings. The highest BCUT2D eigenvalue weighted by molar-refractivity contribution is 14.0. The second-order valence-corrected chi connectivity index (χ2v) is 5.62. The van der Waals surface area contributed by atoms with Crippen molar-refractivity contribution < 1.29 is 9.15 Å². The average Bonchev–Trinajstić information content (AvgIpc) is 3.34. The fourth-order valence-corrected chi connectivity index (χ4v) is 2.39. The molecule has 0 amide bonds. The van der Waals surface area contributed by atoms with Gasteiger partial charge in [-0.15, -0.1) is 24.0 Å². The van der Waals surface area contributed by atoms with Gasteiger partial charge >= 0.3 is 0 Å². The minimum Gasteiger partial charge on any atom is -0.497 e. The first-order valence-electron chi connectivity index (χ1n) is 8.36. The zero-order chi connectivity index (χ0) is 18.2. The van der Waals surface area contributed by atoms with Gasteiger partial charge in [0.25, 0.3) is 0 Å². The predicted molar refractivity (Wildman–Crippen MR) is 114 cm³/mol. The predicted octanol–water partition coefficient (Wildman–Crippen LogP) is 2.38. The number of guanidine groups is 1. The van der Waals surface area contributed by atoms with Gasteiger partial charge in [0.15, 0.2) is 11.7 Å². The van der Waals surface area contributed by atoms with E-state index in [0.29, 0.717) is 37.1 Å². The number of benzene rings is 1. The molecule has 0 aliphatic carbocycles. The van der Waals surface area contributed by atoms with Gasteiger partial charge in [0.05, 0.1) is 13.4 Å². The van der Waals surface area contributed by atoms with E-state index in [2.05, 4.69) is 25.5 Å². The van der Waals surface area contributed by atoms with E-state index in [1.54, 1.807) is 19.4 Å². The Labute approximate surface area is 174 Å². The summed E-state index contributed by atoms with van der Waals surface area (Å²) >= 11 is 0. The molecule has 0 bridgehead atoms. The second-order valence-electron chi connectivity index (χ2n) is 5.62. The van der Waals surface area contributed by atoms with Crippen LogP contribution in [0.1, 0.15) is 11.4 Å². The molecule has 0 saturated carbocycles. The number of aliphatic imine (C=N–C) groups is 1. The Hall–Kier alpha value is -2.56. The lowest BCUT2D eigenvalue weighted by atomic mass is 10.1. The monoisotopic (exact) mass is 482 g/mol. The summed E-state index contributed by atoms with van der Waals surface area (Å²) in [5.41, 5.74) is 7.09. The number of H-pyrrole nitrogens is 1. The van der Waals surface area contributed by atoms with Gasteiger partial charge in [-0.25, -0.2) is 4.98 Å². The molecule has 1 aromatic carbocycles. The summed E-state index contributed by atoms with van der Waals surface area (Å²) in [4.78, 5) is 8.67. The Morgan fingerprint density at radius 1 is 1.26 bits per heavy atom. The number of halogens is 1. The molecule has 0 unspecified atom stereocenters. The summed E-state index contributed by atoms with van der Waals surface area (Å²) in [5.74, 6) is 3.19. The number of aromatic amines is 1. The topological polar surface area (TPSA) is 114 Å². The second kappa shape index (κ2) is 10.6. The van der Waals surface area contributed by atoms with E-state index in [4.69, 9.17) is 14.9 Å². The standard InChI is InChI=1S/C18H22N6O2.HI/c1-25-14-6-4-13(5-7-14)8-10-20-18(19)21-11-9-16-22-17(24-23-16)15-3-2-12-26-15;/h2-7,12H,8-11H2,1H3,(H3,19,20,21)(H,22,23,24);1H. The molecule has 8 nitrogen and oxygen atoms in total. The Morgan fingerprint density at radius 3 is 2.78 bits per heavy atom. The number of ether oxygens (including phenoxy) is 1. The molecular formula is C18H23IN6O2. The lowest BCUT2D eigenvalue weighted by Crippen LogP contribution is -2.33. The summed E-state index contributed by atoms with van der Waals surface area (Å²) in [6.45, 7) is 1.24. The van der Waals surface area contributed by atoms with Crippen molar-refractivity contribution in [2.75, 3.05) is 20.2 Å². The van der Waals surface area contributed by atoms with E-state index in [9.17, 15) is 0 Å². The van der Waals surface area contributed by atoms with Crippen molar-refractivity contribution >= 4 is 29.9 Å². The summed E-state index contributed by atoms with van der Waals surface area (Å²) in [7, 11) is 1.66. The molecule has 27 heavy (non-hydrogen) atoms. The normalized spacial score (nSPS) is 11.1. The van der Waals surface area contributed by atoms with Crippen LogP contribution in [-0.4, -0.2) is 41.3 Å². The third kappa shape index (κ3) is 6.27. The molecule has 0 aliphatic heterocycles. The minimum absolute atomic E-state index is 0. The Morgan fingerprint density at radius 2 is 2.07 bits per heavy atom. The largest absolute Gasteiger partial charge is 0.497 e. The number of rotatable bonds is 8. The van der Waals surface area contributed by atoms with Crippen LogP contribution in [-0.2, 0) is 12.8 Å². The fourth-order valence-electron chi connectivity index (χ4n) is 2.39. The summed E-state index contributed by atoms with van der Waals surface area (Å²) < 4.78 is 10.4. The summed E-state index contributed by atoms with van der Waals surface area (Å²) in [5, 5.41) is 10.1. The van der Waals surface area contributed by atoms with Gasteiger partial charge in [-0.2, -0.15) is 5.10 Å². The van der Waals surface area contributed by atoms with Gasteiger partial charge in [0, 0.05) is 19.5 Å². The van der Waals surface area contributed by atoms with Crippen molar-refractivity contribution in [3.8, 4) is 17.3 Å². The van der Waals surface area contributed by atoms with Gasteiger partial charge < -0.3 is 20.2 Å². The molecule has 3 rings (SSSR count). The zero-order valence-electron chi connectivity index (χ0n) is 15.0. The van der Waals surface area contributed by atoms with E-state index in [1.807, 2.05) is 30.3 Å². The van der Waals surface area contributed by atoms with E-state index in [-0.39, 0.29) is 24.0 Å². The molecule has 0 atom stereocenters. The highest BCUT2D eigenvalue weighted by Crippen LogP contribution is 2.14. The molecule has 2 aromatic heterocycles. The highest BCUT2D eigenvalue weighted by Gasteiger charge is 2.07. The van der Waals surface area contributed by atoms with Crippen molar-refractivity contribution in [2.24, 2.45) is 10.7 Å². The molecule has 0 saturated heterocycles. The first-order chi connectivity index (χ1) is 12.7. The number of nitrogens with zero attached hydrogens (tertiary/aromatic N) is 3. The number of methoxy groups -OCH3 is 1. The number of hydrogen-bond donors (Lipinski definition) is 3. The van der Waals surface area contributed by atoms with Gasteiger partial charge in [0.1, 0.15) is 11.6 Å². The first-order valence-corrected chi connectivity index (χ1v) is 8.36. The Bertz CT molecular complexity index is 830. The van der Waals surface area contributed by atoms with E-state index < -0.39 is 0 Å².